The van der Waals surface area contributed by atoms with Crippen molar-refractivity contribution in [2.45, 2.75) is 58.2 Å². The van der Waals surface area contributed by atoms with E-state index in [1.807, 2.05) is 19.1 Å². The highest BCUT2D eigenvalue weighted by molar-refractivity contribution is 6.00. The van der Waals surface area contributed by atoms with E-state index in [0.29, 0.717) is 18.7 Å². The van der Waals surface area contributed by atoms with Gasteiger partial charge in [0, 0.05) is 18.9 Å². The first kappa shape index (κ1) is 23.6. The Morgan fingerprint density at radius 2 is 1.81 bits per heavy atom. The summed E-state index contributed by atoms with van der Waals surface area (Å²) >= 11 is 0. The van der Waals surface area contributed by atoms with Crippen LogP contribution in [0.1, 0.15) is 56.6 Å². The Bertz CT molecular complexity index is 883. The summed E-state index contributed by atoms with van der Waals surface area (Å²) in [5.74, 6) is -1.25. The van der Waals surface area contributed by atoms with Crippen LogP contribution in [0.3, 0.4) is 0 Å². The van der Waals surface area contributed by atoms with Crippen LogP contribution in [-0.4, -0.2) is 29.3 Å². The summed E-state index contributed by atoms with van der Waals surface area (Å²) in [5.41, 5.74) is 2.33. The van der Waals surface area contributed by atoms with Crippen LogP contribution < -0.4 is 10.1 Å². The number of alkyl halides is 2. The molecule has 1 aromatic heterocycles. The highest BCUT2D eigenvalue weighted by Gasteiger charge is 2.42. The van der Waals surface area contributed by atoms with Crippen LogP contribution in [0, 0.1) is 5.92 Å². The van der Waals surface area contributed by atoms with Crippen molar-refractivity contribution in [3.63, 3.8) is 0 Å². The highest BCUT2D eigenvalue weighted by Crippen LogP contribution is 2.25. The van der Waals surface area contributed by atoms with Gasteiger partial charge < -0.3 is 14.9 Å². The third-order valence-corrected chi connectivity index (χ3v) is 5.46. The number of halogens is 2. The lowest BCUT2D eigenvalue weighted by Crippen LogP contribution is -2.46. The molecule has 0 saturated heterocycles. The Kier molecular flexibility index (Phi) is 8.53. The molecule has 0 atom stereocenters. The van der Waals surface area contributed by atoms with Crippen molar-refractivity contribution in [1.82, 2.24) is 10.3 Å². The van der Waals surface area contributed by atoms with E-state index in [0.717, 1.165) is 36.8 Å². The number of nitrogens with zero attached hydrogens (tertiary/aromatic N) is 2. The predicted molar refractivity (Wildman–Crippen MR) is 117 cm³/mol. The third kappa shape index (κ3) is 7.00. The first-order valence-electron chi connectivity index (χ1n) is 11.0. The number of ether oxygens (including phenoxy) is 1. The van der Waals surface area contributed by atoms with Gasteiger partial charge in [-0.1, -0.05) is 31.3 Å². The maximum Gasteiger partial charge on any atom is 0.482 e. The molecule has 1 heterocycles. The zero-order chi connectivity index (χ0) is 22.8. The molecule has 0 aliphatic heterocycles. The molecule has 1 fully saturated rings. The zero-order valence-corrected chi connectivity index (χ0v) is 18.2. The molecule has 8 heteroatoms. The van der Waals surface area contributed by atoms with Gasteiger partial charge in [-0.3, -0.25) is 9.78 Å². The molecule has 1 N–H and O–H groups in total. The van der Waals surface area contributed by atoms with Crippen LogP contribution >= 0.6 is 0 Å². The Morgan fingerprint density at radius 1 is 1.12 bits per heavy atom. The molecule has 3 rings (SSSR count). The van der Waals surface area contributed by atoms with Crippen LogP contribution in [0.5, 0.6) is 5.75 Å². The minimum Gasteiger partial charge on any atom is -0.425 e. The van der Waals surface area contributed by atoms with Gasteiger partial charge in [0.2, 0.25) is 0 Å². The average molecular weight is 446 g/mol. The van der Waals surface area contributed by atoms with Crippen LogP contribution in [-0.2, 0) is 16.2 Å². The molecule has 2 aromatic rings. The lowest BCUT2D eigenvalue weighted by molar-refractivity contribution is -0.193. The summed E-state index contributed by atoms with van der Waals surface area (Å²) in [6.07, 6.45) is 5.25. The standard InChI is InChI=1S/C24H29F2N3O3/c1-2-22(29-31-17-19-12-14-27-15-13-19)20-8-10-21(11-9-20)32-24(25,26)23(30)28-16-18-6-4-3-5-7-18/h8-15,18H,2-7,16-17H2,1H3,(H,28,30). The largest absolute Gasteiger partial charge is 0.482 e. The van der Waals surface area contributed by atoms with Gasteiger partial charge >= 0.3 is 12.0 Å². The first-order valence-corrected chi connectivity index (χ1v) is 11.0. The molecule has 0 radical (unpaired) electrons. The number of rotatable bonds is 10. The first-order chi connectivity index (χ1) is 15.5. The Balaban J connectivity index is 1.53. The smallest absolute Gasteiger partial charge is 0.425 e. The second-order valence-corrected chi connectivity index (χ2v) is 7.88. The van der Waals surface area contributed by atoms with E-state index in [9.17, 15) is 13.6 Å². The molecule has 1 amide bonds. The van der Waals surface area contributed by atoms with Crippen molar-refractivity contribution in [3.8, 4) is 5.75 Å². The summed E-state index contributed by atoms with van der Waals surface area (Å²) < 4.78 is 33.1. The van der Waals surface area contributed by atoms with Crippen LogP contribution in [0.4, 0.5) is 8.78 Å². The van der Waals surface area contributed by atoms with E-state index in [2.05, 4.69) is 20.2 Å². The molecule has 6 nitrogen and oxygen atoms in total. The maximum absolute atomic E-state index is 14.2. The fourth-order valence-corrected chi connectivity index (χ4v) is 3.63. The SMILES string of the molecule is CCC(=NOCc1ccncc1)c1ccc(OC(F)(F)C(=O)NCC2CCCCC2)cc1. The van der Waals surface area contributed by atoms with Gasteiger partial charge in [0.1, 0.15) is 12.4 Å². The van der Waals surface area contributed by atoms with Crippen molar-refractivity contribution >= 4 is 11.6 Å². The van der Waals surface area contributed by atoms with Crippen molar-refractivity contribution in [1.29, 1.82) is 0 Å². The predicted octanol–water partition coefficient (Wildman–Crippen LogP) is 5.08. The molecular weight excluding hydrogens is 416 g/mol. The summed E-state index contributed by atoms with van der Waals surface area (Å²) in [5, 5.41) is 6.49. The molecule has 0 unspecified atom stereocenters. The van der Waals surface area contributed by atoms with Gasteiger partial charge in [-0.25, -0.2) is 0 Å². The molecule has 172 valence electrons. The summed E-state index contributed by atoms with van der Waals surface area (Å²) in [7, 11) is 0. The minimum atomic E-state index is -3.94. The number of aromatic nitrogens is 1. The van der Waals surface area contributed by atoms with Gasteiger partial charge in [0.15, 0.2) is 0 Å². The van der Waals surface area contributed by atoms with Crippen LogP contribution in [0.15, 0.2) is 53.9 Å². The number of benzene rings is 1. The fourth-order valence-electron chi connectivity index (χ4n) is 3.63. The summed E-state index contributed by atoms with van der Waals surface area (Å²) in [6.45, 7) is 2.48. The number of hydrogen-bond acceptors (Lipinski definition) is 5. The fraction of sp³-hybridized carbons (Fsp3) is 0.458. The highest BCUT2D eigenvalue weighted by atomic mass is 19.3. The van der Waals surface area contributed by atoms with Crippen LogP contribution in [0.2, 0.25) is 0 Å². The minimum absolute atomic E-state index is 0.0975. The lowest BCUT2D eigenvalue weighted by Gasteiger charge is -2.23. The van der Waals surface area contributed by atoms with E-state index in [1.165, 1.54) is 18.6 Å². The maximum atomic E-state index is 14.2. The van der Waals surface area contributed by atoms with E-state index < -0.39 is 12.0 Å². The topological polar surface area (TPSA) is 72.8 Å². The molecule has 0 bridgehead atoms. The molecule has 1 aliphatic rings. The van der Waals surface area contributed by atoms with Gasteiger partial charge in [-0.2, -0.15) is 8.78 Å². The summed E-state index contributed by atoms with van der Waals surface area (Å²) in [4.78, 5) is 21.3. The molecule has 32 heavy (non-hydrogen) atoms. The van der Waals surface area contributed by atoms with E-state index >= 15 is 0 Å². The average Bonchev–Trinajstić information content (AvgIpc) is 2.82. The van der Waals surface area contributed by atoms with Gasteiger partial charge in [0.05, 0.1) is 5.71 Å². The normalized spacial score (nSPS) is 15.3. The van der Waals surface area contributed by atoms with Crippen LogP contribution in [0.25, 0.3) is 0 Å². The van der Waals surface area contributed by atoms with Crippen molar-refractivity contribution in [2.24, 2.45) is 11.1 Å². The molecule has 0 spiro atoms. The van der Waals surface area contributed by atoms with Gasteiger partial charge in [0.25, 0.3) is 0 Å². The summed E-state index contributed by atoms with van der Waals surface area (Å²) in [6, 6.07) is 9.68. The number of oxime groups is 1. The molecular formula is C24H29F2N3O3. The second kappa shape index (κ2) is 11.5. The zero-order valence-electron chi connectivity index (χ0n) is 18.2. The van der Waals surface area contributed by atoms with Crippen molar-refractivity contribution < 1.29 is 23.1 Å². The molecule has 1 saturated carbocycles. The number of hydrogen-bond donors (Lipinski definition) is 1. The van der Waals surface area contributed by atoms with E-state index in [-0.39, 0.29) is 18.2 Å². The van der Waals surface area contributed by atoms with Crippen molar-refractivity contribution in [3.05, 3.63) is 59.9 Å². The second-order valence-electron chi connectivity index (χ2n) is 7.88. The Hall–Kier alpha value is -3.03. The third-order valence-electron chi connectivity index (χ3n) is 5.46. The molecule has 1 aromatic carbocycles. The van der Waals surface area contributed by atoms with Gasteiger partial charge in [-0.05, 0) is 72.7 Å². The Morgan fingerprint density at radius 3 is 2.47 bits per heavy atom. The lowest BCUT2D eigenvalue weighted by atomic mass is 9.89. The number of pyridine rings is 1. The van der Waals surface area contributed by atoms with E-state index in [1.54, 1.807) is 24.5 Å². The number of amides is 1. The quantitative estimate of drug-likeness (QED) is 0.409. The van der Waals surface area contributed by atoms with Gasteiger partial charge in [-0.15, -0.1) is 0 Å². The number of carbonyl (C=O) groups excluding carboxylic acids is 1. The number of carbonyl (C=O) groups is 1. The Labute approximate surface area is 187 Å². The van der Waals surface area contributed by atoms with E-state index in [4.69, 9.17) is 4.84 Å². The monoisotopic (exact) mass is 445 g/mol. The number of nitrogens with one attached hydrogen (secondary N) is 1. The van der Waals surface area contributed by atoms with Crippen molar-refractivity contribution in [2.75, 3.05) is 6.54 Å². The molecule has 1 aliphatic carbocycles.